The largest absolute Gasteiger partial charge is 0.315 e. The predicted molar refractivity (Wildman–Crippen MR) is 74.0 cm³/mol. The van der Waals surface area contributed by atoms with Gasteiger partial charge >= 0.3 is 0 Å². The Labute approximate surface area is 110 Å². The smallest absolute Gasteiger partial charge is 0.0444 e. The molecule has 1 aromatic carbocycles. The molecule has 1 aromatic heterocycles. The van der Waals surface area contributed by atoms with E-state index < -0.39 is 0 Å². The molecule has 0 spiro atoms. The zero-order valence-electron chi connectivity index (χ0n) is 9.45. The summed E-state index contributed by atoms with van der Waals surface area (Å²) in [7, 11) is 0. The van der Waals surface area contributed by atoms with Crippen LogP contribution in [0.25, 0.3) is 0 Å². The Kier molecular flexibility index (Phi) is 2.95. The van der Waals surface area contributed by atoms with Gasteiger partial charge in [0.05, 0.1) is 0 Å². The average Bonchev–Trinajstić information content (AvgIpc) is 2.77. The van der Waals surface area contributed by atoms with Crippen LogP contribution in [0.3, 0.4) is 0 Å². The normalized spacial score (nSPS) is 17.7. The number of thiophene rings is 1. The van der Waals surface area contributed by atoms with Gasteiger partial charge < -0.3 is 5.32 Å². The van der Waals surface area contributed by atoms with E-state index in [1.54, 1.807) is 0 Å². The SMILES string of the molecule is Clc1ccccc1C1(Cc2cccs2)CNC1. The lowest BCUT2D eigenvalue weighted by Crippen LogP contribution is -2.58. The minimum absolute atomic E-state index is 0.198. The number of nitrogens with one attached hydrogen (secondary N) is 1. The molecule has 0 bridgehead atoms. The van der Waals surface area contributed by atoms with E-state index in [0.29, 0.717) is 0 Å². The highest BCUT2D eigenvalue weighted by Gasteiger charge is 2.40. The lowest BCUT2D eigenvalue weighted by atomic mass is 9.72. The fourth-order valence-electron chi connectivity index (χ4n) is 2.48. The molecule has 88 valence electrons. The zero-order valence-corrected chi connectivity index (χ0v) is 11.0. The molecule has 2 heterocycles. The van der Waals surface area contributed by atoms with Gasteiger partial charge in [-0.25, -0.2) is 0 Å². The van der Waals surface area contributed by atoms with Crippen LogP contribution in [0.15, 0.2) is 41.8 Å². The van der Waals surface area contributed by atoms with Gasteiger partial charge in [0.1, 0.15) is 0 Å². The molecule has 2 aromatic rings. The summed E-state index contributed by atoms with van der Waals surface area (Å²) < 4.78 is 0. The molecule has 3 heteroatoms. The Balaban J connectivity index is 1.95. The highest BCUT2D eigenvalue weighted by molar-refractivity contribution is 7.09. The van der Waals surface area contributed by atoms with Crippen molar-refractivity contribution in [3.8, 4) is 0 Å². The molecule has 0 aliphatic carbocycles. The van der Waals surface area contributed by atoms with Crippen molar-refractivity contribution in [2.24, 2.45) is 0 Å². The van der Waals surface area contributed by atoms with Gasteiger partial charge in [-0.2, -0.15) is 0 Å². The van der Waals surface area contributed by atoms with Crippen LogP contribution in [0.4, 0.5) is 0 Å². The molecular weight excluding hydrogens is 250 g/mol. The molecule has 0 radical (unpaired) electrons. The second-order valence-corrected chi connectivity index (χ2v) is 6.06. The summed E-state index contributed by atoms with van der Waals surface area (Å²) in [6.45, 7) is 2.04. The first-order chi connectivity index (χ1) is 8.30. The van der Waals surface area contributed by atoms with Gasteiger partial charge in [-0.05, 0) is 29.5 Å². The highest BCUT2D eigenvalue weighted by atomic mass is 35.5. The van der Waals surface area contributed by atoms with Gasteiger partial charge in [-0.3, -0.25) is 0 Å². The van der Waals surface area contributed by atoms with E-state index >= 15 is 0 Å². The third-order valence-corrected chi connectivity index (χ3v) is 4.67. The van der Waals surface area contributed by atoms with Gasteiger partial charge in [0.2, 0.25) is 0 Å². The Morgan fingerprint density at radius 1 is 1.18 bits per heavy atom. The lowest BCUT2D eigenvalue weighted by Gasteiger charge is -2.43. The lowest BCUT2D eigenvalue weighted by molar-refractivity contribution is 0.276. The number of halogens is 1. The van der Waals surface area contributed by atoms with Crippen LogP contribution in [0.5, 0.6) is 0 Å². The van der Waals surface area contributed by atoms with Gasteiger partial charge in [-0.1, -0.05) is 35.9 Å². The van der Waals surface area contributed by atoms with E-state index in [2.05, 4.69) is 35.0 Å². The second-order valence-electron chi connectivity index (χ2n) is 4.62. The average molecular weight is 264 g/mol. The summed E-state index contributed by atoms with van der Waals surface area (Å²) >= 11 is 8.17. The monoisotopic (exact) mass is 263 g/mol. The van der Waals surface area contributed by atoms with Crippen molar-refractivity contribution in [2.45, 2.75) is 11.8 Å². The van der Waals surface area contributed by atoms with Crippen molar-refractivity contribution in [1.82, 2.24) is 5.32 Å². The zero-order chi connectivity index (χ0) is 11.7. The number of hydrogen-bond acceptors (Lipinski definition) is 2. The van der Waals surface area contributed by atoms with E-state index in [-0.39, 0.29) is 5.41 Å². The first kappa shape index (κ1) is 11.3. The molecule has 1 nitrogen and oxygen atoms in total. The molecule has 1 fully saturated rings. The first-order valence-electron chi connectivity index (χ1n) is 5.78. The minimum atomic E-state index is 0.198. The fraction of sp³-hybridized carbons (Fsp3) is 0.286. The van der Waals surface area contributed by atoms with Gasteiger partial charge in [-0.15, -0.1) is 11.3 Å². The van der Waals surface area contributed by atoms with E-state index in [1.807, 2.05) is 23.5 Å². The molecule has 3 rings (SSSR count). The minimum Gasteiger partial charge on any atom is -0.315 e. The molecule has 0 saturated carbocycles. The predicted octanol–water partition coefficient (Wildman–Crippen LogP) is 3.49. The summed E-state index contributed by atoms with van der Waals surface area (Å²) in [5.41, 5.74) is 1.48. The maximum absolute atomic E-state index is 6.34. The topological polar surface area (TPSA) is 12.0 Å². The number of hydrogen-bond donors (Lipinski definition) is 1. The maximum atomic E-state index is 6.34. The highest BCUT2D eigenvalue weighted by Crippen LogP contribution is 2.37. The van der Waals surface area contributed by atoms with Crippen molar-refractivity contribution in [3.05, 3.63) is 57.2 Å². The van der Waals surface area contributed by atoms with Crippen LogP contribution >= 0.6 is 22.9 Å². The van der Waals surface area contributed by atoms with Gasteiger partial charge in [0, 0.05) is 28.4 Å². The molecular formula is C14H14ClNS. The Morgan fingerprint density at radius 2 is 2.00 bits per heavy atom. The molecule has 1 aliphatic heterocycles. The van der Waals surface area contributed by atoms with Gasteiger partial charge in [0.15, 0.2) is 0 Å². The first-order valence-corrected chi connectivity index (χ1v) is 7.04. The van der Waals surface area contributed by atoms with Crippen LogP contribution in [0.2, 0.25) is 5.02 Å². The fourth-order valence-corrected chi connectivity index (χ4v) is 3.66. The van der Waals surface area contributed by atoms with E-state index in [9.17, 15) is 0 Å². The van der Waals surface area contributed by atoms with E-state index in [0.717, 1.165) is 24.5 Å². The Morgan fingerprint density at radius 3 is 2.59 bits per heavy atom. The van der Waals surface area contributed by atoms with Crippen molar-refractivity contribution >= 4 is 22.9 Å². The molecule has 1 aliphatic rings. The number of benzene rings is 1. The van der Waals surface area contributed by atoms with Crippen molar-refractivity contribution in [1.29, 1.82) is 0 Å². The second kappa shape index (κ2) is 4.45. The van der Waals surface area contributed by atoms with E-state index in [4.69, 9.17) is 11.6 Å². The summed E-state index contributed by atoms with van der Waals surface area (Å²) in [6.07, 6.45) is 1.08. The molecule has 1 N–H and O–H groups in total. The van der Waals surface area contributed by atoms with Crippen LogP contribution in [-0.2, 0) is 11.8 Å². The summed E-state index contributed by atoms with van der Waals surface area (Å²) in [6, 6.07) is 12.6. The molecule has 0 unspecified atom stereocenters. The summed E-state index contributed by atoms with van der Waals surface area (Å²) in [5, 5.41) is 6.42. The van der Waals surface area contributed by atoms with Crippen LogP contribution in [-0.4, -0.2) is 13.1 Å². The molecule has 1 saturated heterocycles. The van der Waals surface area contributed by atoms with Crippen molar-refractivity contribution in [3.63, 3.8) is 0 Å². The summed E-state index contributed by atoms with van der Waals surface area (Å²) in [5.74, 6) is 0. The summed E-state index contributed by atoms with van der Waals surface area (Å²) in [4.78, 5) is 1.44. The van der Waals surface area contributed by atoms with E-state index in [1.165, 1.54) is 10.4 Å². The van der Waals surface area contributed by atoms with Crippen molar-refractivity contribution < 1.29 is 0 Å². The standard InChI is InChI=1S/C14H14ClNS/c15-13-6-2-1-5-12(13)14(9-16-10-14)8-11-4-3-7-17-11/h1-7,16H,8-10H2. The van der Waals surface area contributed by atoms with Crippen LogP contribution in [0, 0.1) is 0 Å². The van der Waals surface area contributed by atoms with Crippen LogP contribution in [0.1, 0.15) is 10.4 Å². The third-order valence-electron chi connectivity index (χ3n) is 3.46. The van der Waals surface area contributed by atoms with Crippen LogP contribution < -0.4 is 5.32 Å². The quantitative estimate of drug-likeness (QED) is 0.894. The Bertz CT molecular complexity index is 503. The number of rotatable bonds is 3. The molecule has 0 atom stereocenters. The van der Waals surface area contributed by atoms with Gasteiger partial charge in [0.25, 0.3) is 0 Å². The molecule has 17 heavy (non-hydrogen) atoms. The molecule has 0 amide bonds. The third kappa shape index (κ3) is 2.01. The Hall–Kier alpha value is -0.830. The van der Waals surface area contributed by atoms with Crippen molar-refractivity contribution in [2.75, 3.05) is 13.1 Å². The maximum Gasteiger partial charge on any atom is 0.0444 e.